The fraction of sp³-hybridized carbons (Fsp3) is 0.158. The monoisotopic (exact) mass is 429 g/mol. The van der Waals surface area contributed by atoms with Gasteiger partial charge in [0.15, 0.2) is 22.5 Å². The SMILES string of the molecule is NC(=O)CCn1c(SCc2ncc(-c3ccc(Cl)cc3)o2)nnc1-c1ccco1. The summed E-state index contributed by atoms with van der Waals surface area (Å²) in [4.78, 5) is 15.6. The van der Waals surface area contributed by atoms with Crippen LogP contribution in [0.5, 0.6) is 0 Å². The van der Waals surface area contributed by atoms with E-state index in [0.29, 0.717) is 45.7 Å². The van der Waals surface area contributed by atoms with Crippen LogP contribution in [0.3, 0.4) is 0 Å². The molecule has 0 saturated heterocycles. The fourth-order valence-electron chi connectivity index (χ4n) is 2.66. The van der Waals surface area contributed by atoms with Gasteiger partial charge in [0.25, 0.3) is 0 Å². The Morgan fingerprint density at radius 1 is 1.17 bits per heavy atom. The van der Waals surface area contributed by atoms with Crippen molar-refractivity contribution < 1.29 is 13.6 Å². The minimum atomic E-state index is -0.402. The molecule has 148 valence electrons. The van der Waals surface area contributed by atoms with Gasteiger partial charge >= 0.3 is 0 Å². The molecule has 4 rings (SSSR count). The molecule has 10 heteroatoms. The number of oxazole rings is 1. The molecule has 0 bridgehead atoms. The first-order valence-corrected chi connectivity index (χ1v) is 10.1. The van der Waals surface area contributed by atoms with Gasteiger partial charge in [-0.1, -0.05) is 23.4 Å². The lowest BCUT2D eigenvalue weighted by Gasteiger charge is -2.07. The molecule has 29 heavy (non-hydrogen) atoms. The number of nitrogens with two attached hydrogens (primary N) is 1. The summed E-state index contributed by atoms with van der Waals surface area (Å²) in [6, 6.07) is 10.9. The summed E-state index contributed by atoms with van der Waals surface area (Å²) in [6.07, 6.45) is 3.39. The fourth-order valence-corrected chi connectivity index (χ4v) is 3.60. The second kappa shape index (κ2) is 8.54. The van der Waals surface area contributed by atoms with Crippen LogP contribution < -0.4 is 5.73 Å². The van der Waals surface area contributed by atoms with Crippen LogP contribution in [-0.4, -0.2) is 25.7 Å². The first-order chi connectivity index (χ1) is 14.1. The second-order valence-electron chi connectivity index (χ2n) is 6.07. The highest BCUT2D eigenvalue weighted by Gasteiger charge is 2.18. The highest BCUT2D eigenvalue weighted by molar-refractivity contribution is 7.98. The molecular weight excluding hydrogens is 414 g/mol. The summed E-state index contributed by atoms with van der Waals surface area (Å²) < 4.78 is 13.0. The highest BCUT2D eigenvalue weighted by atomic mass is 35.5. The molecule has 0 aliphatic carbocycles. The molecular formula is C19H16ClN5O3S. The lowest BCUT2D eigenvalue weighted by atomic mass is 10.2. The van der Waals surface area contributed by atoms with E-state index >= 15 is 0 Å². The zero-order valence-corrected chi connectivity index (χ0v) is 16.7. The molecule has 3 aromatic heterocycles. The maximum Gasteiger partial charge on any atom is 0.219 e. The van der Waals surface area contributed by atoms with Crippen molar-refractivity contribution in [3.63, 3.8) is 0 Å². The molecule has 2 N–H and O–H groups in total. The number of nitrogens with zero attached hydrogens (tertiary/aromatic N) is 4. The number of carbonyl (C=O) groups is 1. The van der Waals surface area contributed by atoms with Gasteiger partial charge in [0.1, 0.15) is 0 Å². The summed E-state index contributed by atoms with van der Waals surface area (Å²) in [6.45, 7) is 0.350. The van der Waals surface area contributed by atoms with Gasteiger partial charge in [0, 0.05) is 23.6 Å². The molecule has 0 atom stereocenters. The number of amides is 1. The van der Waals surface area contributed by atoms with Crippen LogP contribution >= 0.6 is 23.4 Å². The molecule has 4 aromatic rings. The number of halogens is 1. The van der Waals surface area contributed by atoms with Crippen LogP contribution in [-0.2, 0) is 17.1 Å². The molecule has 0 spiro atoms. The highest BCUT2D eigenvalue weighted by Crippen LogP contribution is 2.28. The Morgan fingerprint density at radius 3 is 2.72 bits per heavy atom. The van der Waals surface area contributed by atoms with Gasteiger partial charge in [-0.25, -0.2) is 4.98 Å². The van der Waals surface area contributed by atoms with Gasteiger partial charge in [-0.2, -0.15) is 0 Å². The first kappa shape index (κ1) is 19.3. The van der Waals surface area contributed by atoms with Gasteiger partial charge in [-0.3, -0.25) is 9.36 Å². The summed E-state index contributed by atoms with van der Waals surface area (Å²) >= 11 is 7.32. The number of furan rings is 1. The van der Waals surface area contributed by atoms with E-state index in [0.717, 1.165) is 5.56 Å². The van der Waals surface area contributed by atoms with Gasteiger partial charge in [-0.15, -0.1) is 10.2 Å². The molecule has 3 heterocycles. The smallest absolute Gasteiger partial charge is 0.219 e. The maximum atomic E-state index is 11.2. The average molecular weight is 430 g/mol. The van der Waals surface area contributed by atoms with Gasteiger partial charge in [0.05, 0.1) is 18.2 Å². The molecule has 0 aliphatic rings. The predicted octanol–water partition coefficient (Wildman–Crippen LogP) is 4.01. The number of rotatable bonds is 8. The van der Waals surface area contributed by atoms with E-state index in [1.807, 2.05) is 12.1 Å². The predicted molar refractivity (Wildman–Crippen MR) is 108 cm³/mol. The zero-order valence-electron chi connectivity index (χ0n) is 15.1. The average Bonchev–Trinajstić information content (AvgIpc) is 3.45. The third-order valence-electron chi connectivity index (χ3n) is 4.05. The Morgan fingerprint density at radius 2 is 2.00 bits per heavy atom. The van der Waals surface area contributed by atoms with Crippen LogP contribution in [0.1, 0.15) is 12.3 Å². The Hall–Kier alpha value is -3.04. The lowest BCUT2D eigenvalue weighted by molar-refractivity contribution is -0.118. The molecule has 1 amide bonds. The van der Waals surface area contributed by atoms with Crippen LogP contribution in [0.4, 0.5) is 0 Å². The second-order valence-corrected chi connectivity index (χ2v) is 7.44. The normalized spacial score (nSPS) is 11.1. The van der Waals surface area contributed by atoms with Crippen molar-refractivity contribution in [2.45, 2.75) is 23.9 Å². The van der Waals surface area contributed by atoms with Gasteiger partial charge in [-0.05, 0) is 36.4 Å². The molecule has 0 fully saturated rings. The van der Waals surface area contributed by atoms with Crippen LogP contribution in [0.25, 0.3) is 22.9 Å². The van der Waals surface area contributed by atoms with Crippen molar-refractivity contribution >= 4 is 29.3 Å². The largest absolute Gasteiger partial charge is 0.461 e. The third-order valence-corrected chi connectivity index (χ3v) is 5.25. The summed E-state index contributed by atoms with van der Waals surface area (Å²) in [5, 5.41) is 9.69. The summed E-state index contributed by atoms with van der Waals surface area (Å²) in [5.74, 6) is 2.34. The minimum absolute atomic E-state index is 0.166. The summed E-state index contributed by atoms with van der Waals surface area (Å²) in [7, 11) is 0. The topological polar surface area (TPSA) is 113 Å². The van der Waals surface area contributed by atoms with E-state index in [4.69, 9.17) is 26.2 Å². The number of thioether (sulfide) groups is 1. The zero-order chi connectivity index (χ0) is 20.2. The Labute approximate surface area is 175 Å². The van der Waals surface area contributed by atoms with E-state index in [1.165, 1.54) is 11.8 Å². The van der Waals surface area contributed by atoms with Crippen LogP contribution in [0.15, 0.2) is 62.8 Å². The lowest BCUT2D eigenvalue weighted by Crippen LogP contribution is -2.15. The number of benzene rings is 1. The van der Waals surface area contributed by atoms with Crippen molar-refractivity contribution in [3.8, 4) is 22.9 Å². The van der Waals surface area contributed by atoms with Gasteiger partial charge in [0.2, 0.25) is 11.8 Å². The quantitative estimate of drug-likeness (QED) is 0.421. The summed E-state index contributed by atoms with van der Waals surface area (Å²) in [5.41, 5.74) is 6.20. The van der Waals surface area contributed by atoms with Crippen molar-refractivity contribution in [1.29, 1.82) is 0 Å². The van der Waals surface area contributed by atoms with Crippen molar-refractivity contribution in [2.75, 3.05) is 0 Å². The van der Waals surface area contributed by atoms with Crippen molar-refractivity contribution in [1.82, 2.24) is 19.7 Å². The van der Waals surface area contributed by atoms with Crippen molar-refractivity contribution in [3.05, 3.63) is 59.8 Å². The number of hydrogen-bond donors (Lipinski definition) is 1. The molecule has 8 nitrogen and oxygen atoms in total. The number of aromatic nitrogens is 4. The number of carbonyl (C=O) groups excluding carboxylic acids is 1. The first-order valence-electron chi connectivity index (χ1n) is 8.69. The molecule has 0 saturated carbocycles. The number of primary amides is 1. The van der Waals surface area contributed by atoms with E-state index in [9.17, 15) is 4.79 Å². The molecule has 0 unspecified atom stereocenters. The van der Waals surface area contributed by atoms with E-state index in [-0.39, 0.29) is 6.42 Å². The van der Waals surface area contributed by atoms with Crippen LogP contribution in [0, 0.1) is 0 Å². The molecule has 0 aliphatic heterocycles. The third kappa shape index (κ3) is 4.52. The molecule has 1 aromatic carbocycles. The number of hydrogen-bond acceptors (Lipinski definition) is 7. The minimum Gasteiger partial charge on any atom is -0.461 e. The Balaban J connectivity index is 1.51. The Kier molecular flexibility index (Phi) is 5.68. The van der Waals surface area contributed by atoms with E-state index < -0.39 is 5.91 Å². The van der Waals surface area contributed by atoms with Crippen molar-refractivity contribution in [2.24, 2.45) is 5.73 Å². The van der Waals surface area contributed by atoms with E-state index in [1.54, 1.807) is 41.3 Å². The standard InChI is InChI=1S/C19H16ClN5O3S/c20-13-5-3-12(4-6-13)15-10-22-17(28-15)11-29-19-24-23-18(14-2-1-9-27-14)25(19)8-7-16(21)26/h1-6,9-10H,7-8,11H2,(H2,21,26). The molecule has 0 radical (unpaired) electrons. The van der Waals surface area contributed by atoms with Crippen LogP contribution in [0.2, 0.25) is 5.02 Å². The van der Waals surface area contributed by atoms with E-state index in [2.05, 4.69) is 15.2 Å². The maximum absolute atomic E-state index is 11.2. The van der Waals surface area contributed by atoms with Gasteiger partial charge < -0.3 is 14.6 Å². The Bertz CT molecular complexity index is 1110.